The maximum Gasteiger partial charge on any atom is 0.336 e. The number of nitrogens with zero attached hydrogens (tertiary/aromatic N) is 1. The van der Waals surface area contributed by atoms with Crippen LogP contribution in [-0.4, -0.2) is 40.7 Å². The summed E-state index contributed by atoms with van der Waals surface area (Å²) in [6.45, 7) is 4.21. The topological polar surface area (TPSA) is 76.0 Å². The van der Waals surface area contributed by atoms with Gasteiger partial charge in [0.1, 0.15) is 18.1 Å². The number of hydrogen-bond acceptors (Lipinski definition) is 6. The van der Waals surface area contributed by atoms with E-state index in [0.29, 0.717) is 24.3 Å². The number of aromatic hydroxyl groups is 1. The van der Waals surface area contributed by atoms with Gasteiger partial charge in [-0.2, -0.15) is 11.8 Å². The highest BCUT2D eigenvalue weighted by molar-refractivity contribution is 7.99. The number of esters is 1. The van der Waals surface area contributed by atoms with E-state index >= 15 is 0 Å². The highest BCUT2D eigenvalue weighted by atomic mass is 32.2. The van der Waals surface area contributed by atoms with Gasteiger partial charge in [-0.3, -0.25) is 9.79 Å². The number of aliphatic imine (C=N–C) groups is 1. The first-order valence-corrected chi connectivity index (χ1v) is 10.5. The molecule has 1 N–H and O–H groups in total. The van der Waals surface area contributed by atoms with E-state index in [2.05, 4.69) is 11.9 Å². The lowest BCUT2D eigenvalue weighted by Crippen LogP contribution is -2.39. The van der Waals surface area contributed by atoms with Gasteiger partial charge < -0.3 is 9.84 Å². The molecule has 2 atom stereocenters. The third-order valence-corrected chi connectivity index (χ3v) is 5.91. The van der Waals surface area contributed by atoms with Gasteiger partial charge in [0, 0.05) is 29.5 Å². The molecule has 0 saturated heterocycles. The van der Waals surface area contributed by atoms with Gasteiger partial charge in [-0.05, 0) is 43.2 Å². The standard InChI is InChI=1S/C21H25NO4S/c1-3-27-12-11-26-21(25)18-13(2)22-16-5-4-6-17(24)20(16)19(18)14-7-9-15(23)10-8-14/h7-10,19-20,23H,3-6,11-12H2,1-2H3/t19-,20-/m1/s1. The Bertz CT molecular complexity index is 782. The van der Waals surface area contributed by atoms with Gasteiger partial charge in [-0.15, -0.1) is 0 Å². The first-order valence-electron chi connectivity index (χ1n) is 9.37. The van der Waals surface area contributed by atoms with Crippen LogP contribution in [-0.2, 0) is 14.3 Å². The lowest BCUT2D eigenvalue weighted by Gasteiger charge is -2.35. The summed E-state index contributed by atoms with van der Waals surface area (Å²) in [4.78, 5) is 30.2. The fourth-order valence-electron chi connectivity index (χ4n) is 3.84. The van der Waals surface area contributed by atoms with E-state index in [9.17, 15) is 14.7 Å². The number of carbonyl (C=O) groups excluding carboxylic acids is 2. The van der Waals surface area contributed by atoms with E-state index in [4.69, 9.17) is 4.74 Å². The van der Waals surface area contributed by atoms with Crippen LogP contribution in [0.1, 0.15) is 44.6 Å². The van der Waals surface area contributed by atoms with Crippen LogP contribution < -0.4 is 0 Å². The summed E-state index contributed by atoms with van der Waals surface area (Å²) >= 11 is 1.71. The molecule has 1 heterocycles. The second-order valence-electron chi connectivity index (χ2n) is 6.80. The largest absolute Gasteiger partial charge is 0.508 e. The van der Waals surface area contributed by atoms with Crippen molar-refractivity contribution in [3.05, 3.63) is 41.1 Å². The number of phenols is 1. The molecular weight excluding hydrogens is 362 g/mol. The average Bonchev–Trinajstić information content (AvgIpc) is 2.65. The molecule has 0 amide bonds. The van der Waals surface area contributed by atoms with Gasteiger partial charge >= 0.3 is 5.97 Å². The van der Waals surface area contributed by atoms with Gasteiger partial charge in [-0.1, -0.05) is 19.1 Å². The first-order chi connectivity index (χ1) is 13.0. The molecule has 6 heteroatoms. The summed E-state index contributed by atoms with van der Waals surface area (Å²) in [5, 5.41) is 9.64. The Hall–Kier alpha value is -2.08. The minimum absolute atomic E-state index is 0.123. The normalized spacial score (nSPS) is 22.3. The lowest BCUT2D eigenvalue weighted by molar-refractivity contribution is -0.139. The quantitative estimate of drug-likeness (QED) is 0.592. The first kappa shape index (κ1) is 19.7. The predicted octanol–water partition coefficient (Wildman–Crippen LogP) is 3.87. The van der Waals surface area contributed by atoms with Crippen LogP contribution in [0.3, 0.4) is 0 Å². The van der Waals surface area contributed by atoms with Crippen LogP contribution in [0.5, 0.6) is 5.75 Å². The number of allylic oxidation sites excluding steroid dienone is 1. The third-order valence-electron chi connectivity index (χ3n) is 5.04. The van der Waals surface area contributed by atoms with Crippen LogP contribution >= 0.6 is 11.8 Å². The Labute approximate surface area is 163 Å². The van der Waals surface area contributed by atoms with E-state index in [1.165, 1.54) is 0 Å². The zero-order chi connectivity index (χ0) is 19.4. The molecule has 3 rings (SSSR count). The van der Waals surface area contributed by atoms with Crippen LogP contribution in [0.4, 0.5) is 0 Å². The summed E-state index contributed by atoms with van der Waals surface area (Å²) in [6.07, 6.45) is 2.09. The van der Waals surface area contributed by atoms with Crippen molar-refractivity contribution in [1.29, 1.82) is 0 Å². The van der Waals surface area contributed by atoms with Gasteiger partial charge in [0.2, 0.25) is 0 Å². The number of ether oxygens (including phenoxy) is 1. The number of benzene rings is 1. The maximum atomic E-state index is 12.9. The molecule has 0 aromatic heterocycles. The van der Waals surface area contributed by atoms with Gasteiger partial charge in [0.15, 0.2) is 0 Å². The Morgan fingerprint density at radius 2 is 2.00 bits per heavy atom. The summed E-state index contributed by atoms with van der Waals surface area (Å²) in [5.41, 5.74) is 2.78. The molecule has 144 valence electrons. The zero-order valence-corrected chi connectivity index (χ0v) is 16.6. The Kier molecular flexibility index (Phi) is 6.37. The maximum absolute atomic E-state index is 12.9. The Balaban J connectivity index is 1.97. The lowest BCUT2D eigenvalue weighted by atomic mass is 9.69. The number of Topliss-reactive ketones (excluding diaryl/α,β-unsaturated/α-hetero) is 1. The van der Waals surface area contributed by atoms with E-state index < -0.39 is 17.8 Å². The summed E-state index contributed by atoms with van der Waals surface area (Å²) < 4.78 is 5.50. The molecule has 0 bridgehead atoms. The number of carbonyl (C=O) groups is 2. The molecule has 1 aromatic carbocycles. The molecule has 1 saturated carbocycles. The van der Waals surface area contributed by atoms with Gasteiger partial charge in [-0.25, -0.2) is 4.79 Å². The summed E-state index contributed by atoms with van der Waals surface area (Å²) in [5.74, 6) is 0.770. The Morgan fingerprint density at radius 1 is 1.26 bits per heavy atom. The monoisotopic (exact) mass is 387 g/mol. The van der Waals surface area contributed by atoms with Crippen molar-refractivity contribution in [3.63, 3.8) is 0 Å². The van der Waals surface area contributed by atoms with Crippen molar-refractivity contribution < 1.29 is 19.4 Å². The molecule has 0 spiro atoms. The molecule has 0 unspecified atom stereocenters. The molecular formula is C21H25NO4S. The smallest absolute Gasteiger partial charge is 0.336 e. The van der Waals surface area contributed by atoms with Crippen LogP contribution in [0.15, 0.2) is 40.5 Å². The van der Waals surface area contributed by atoms with Crippen molar-refractivity contribution in [1.82, 2.24) is 0 Å². The SMILES string of the molecule is CCSCCOC(=O)C1=C(C)N=C2CCCC(=O)[C@@H]2[C@@H]1c1ccc(O)cc1. The molecule has 27 heavy (non-hydrogen) atoms. The minimum Gasteiger partial charge on any atom is -0.508 e. The molecule has 1 fully saturated rings. The highest BCUT2D eigenvalue weighted by Gasteiger charge is 2.43. The molecule has 1 aliphatic heterocycles. The number of thioether (sulfide) groups is 1. The second-order valence-corrected chi connectivity index (χ2v) is 8.20. The molecule has 1 aliphatic carbocycles. The van der Waals surface area contributed by atoms with Crippen molar-refractivity contribution in [2.75, 3.05) is 18.1 Å². The van der Waals surface area contributed by atoms with E-state index in [1.54, 1.807) is 36.0 Å². The van der Waals surface area contributed by atoms with E-state index in [-0.39, 0.29) is 11.5 Å². The number of rotatable bonds is 6. The molecule has 1 aromatic rings. The number of fused-ring (bicyclic) bond motifs is 1. The van der Waals surface area contributed by atoms with Crippen LogP contribution in [0.2, 0.25) is 0 Å². The Morgan fingerprint density at radius 3 is 2.70 bits per heavy atom. The number of ketones is 1. The molecule has 5 nitrogen and oxygen atoms in total. The van der Waals surface area contributed by atoms with Gasteiger partial charge in [0.05, 0.1) is 11.5 Å². The van der Waals surface area contributed by atoms with Crippen molar-refractivity contribution in [2.24, 2.45) is 10.9 Å². The summed E-state index contributed by atoms with van der Waals surface area (Å²) in [6, 6.07) is 6.73. The fraction of sp³-hybridized carbons (Fsp3) is 0.476. The van der Waals surface area contributed by atoms with Gasteiger partial charge in [0.25, 0.3) is 0 Å². The third kappa shape index (κ3) is 4.26. The minimum atomic E-state index is -0.417. The van der Waals surface area contributed by atoms with Crippen molar-refractivity contribution in [2.45, 2.75) is 39.0 Å². The van der Waals surface area contributed by atoms with Crippen LogP contribution in [0, 0.1) is 5.92 Å². The number of hydrogen-bond donors (Lipinski definition) is 1. The van der Waals surface area contributed by atoms with E-state index in [1.807, 2.05) is 6.92 Å². The fourth-order valence-corrected chi connectivity index (χ4v) is 4.33. The molecule has 2 aliphatic rings. The highest BCUT2D eigenvalue weighted by Crippen LogP contribution is 2.43. The van der Waals surface area contributed by atoms with Crippen LogP contribution in [0.25, 0.3) is 0 Å². The predicted molar refractivity (Wildman–Crippen MR) is 107 cm³/mol. The number of phenolic OH excluding ortho intramolecular Hbond substituents is 1. The van der Waals surface area contributed by atoms with E-state index in [0.717, 1.165) is 35.6 Å². The zero-order valence-electron chi connectivity index (χ0n) is 15.7. The average molecular weight is 388 g/mol. The van der Waals surface area contributed by atoms with Crippen molar-refractivity contribution >= 4 is 29.2 Å². The van der Waals surface area contributed by atoms with Crippen molar-refractivity contribution in [3.8, 4) is 5.75 Å². The second kappa shape index (κ2) is 8.74. The summed E-state index contributed by atoms with van der Waals surface area (Å²) in [7, 11) is 0. The molecule has 0 radical (unpaired) electrons.